The quantitative estimate of drug-likeness (QED) is 0.650. The number of amides is 1. The SMILES string of the molecule is COc1ccc(CC(=O)NC[C@@H](c2ccco2)[NH+]2CCc3ccccc3C2)cc1. The van der Waals surface area contributed by atoms with E-state index >= 15 is 0 Å². The second-order valence-electron chi connectivity index (χ2n) is 7.50. The summed E-state index contributed by atoms with van der Waals surface area (Å²) in [4.78, 5) is 14.0. The van der Waals surface area contributed by atoms with Crippen LogP contribution < -0.4 is 15.0 Å². The zero-order valence-electron chi connectivity index (χ0n) is 16.7. The molecular formula is C24H27N2O3+. The van der Waals surface area contributed by atoms with Gasteiger partial charge in [0.1, 0.15) is 12.3 Å². The van der Waals surface area contributed by atoms with Gasteiger partial charge in [0.05, 0.1) is 32.9 Å². The number of nitrogens with one attached hydrogen (secondary N) is 2. The zero-order chi connectivity index (χ0) is 20.1. The molecule has 3 aromatic rings. The number of methoxy groups -OCH3 is 1. The Balaban J connectivity index is 1.41. The van der Waals surface area contributed by atoms with Crippen LogP contribution in [0.2, 0.25) is 0 Å². The van der Waals surface area contributed by atoms with E-state index in [4.69, 9.17) is 9.15 Å². The van der Waals surface area contributed by atoms with Gasteiger partial charge in [-0.3, -0.25) is 4.79 Å². The fourth-order valence-electron chi connectivity index (χ4n) is 4.04. The summed E-state index contributed by atoms with van der Waals surface area (Å²) in [6.07, 6.45) is 3.11. The van der Waals surface area contributed by atoms with E-state index in [9.17, 15) is 4.79 Å². The van der Waals surface area contributed by atoms with Crippen molar-refractivity contribution in [2.75, 3.05) is 20.2 Å². The van der Waals surface area contributed by atoms with Gasteiger partial charge in [0.15, 0.2) is 11.8 Å². The van der Waals surface area contributed by atoms with Crippen molar-refractivity contribution < 1.29 is 18.8 Å². The molecule has 29 heavy (non-hydrogen) atoms. The van der Waals surface area contributed by atoms with Crippen LogP contribution in [0.15, 0.2) is 71.3 Å². The first kappa shape index (κ1) is 19.3. The first-order chi connectivity index (χ1) is 14.2. The third kappa shape index (κ3) is 4.69. The van der Waals surface area contributed by atoms with Crippen LogP contribution in [0.4, 0.5) is 0 Å². The smallest absolute Gasteiger partial charge is 0.224 e. The van der Waals surface area contributed by atoms with Gasteiger partial charge in [-0.05, 0) is 35.4 Å². The Labute approximate surface area is 171 Å². The number of rotatable bonds is 7. The lowest BCUT2D eigenvalue weighted by Gasteiger charge is -2.31. The first-order valence-corrected chi connectivity index (χ1v) is 10.1. The number of benzene rings is 2. The van der Waals surface area contributed by atoms with Gasteiger partial charge < -0.3 is 19.4 Å². The van der Waals surface area contributed by atoms with Crippen molar-refractivity contribution in [3.8, 4) is 5.75 Å². The lowest BCUT2D eigenvalue weighted by Crippen LogP contribution is -3.12. The number of furan rings is 1. The molecule has 5 nitrogen and oxygen atoms in total. The van der Waals surface area contributed by atoms with Crippen molar-refractivity contribution in [1.82, 2.24) is 5.32 Å². The molecule has 1 aliphatic rings. The highest BCUT2D eigenvalue weighted by Gasteiger charge is 2.30. The van der Waals surface area contributed by atoms with Gasteiger partial charge in [-0.25, -0.2) is 0 Å². The summed E-state index contributed by atoms with van der Waals surface area (Å²) in [6.45, 7) is 2.52. The van der Waals surface area contributed by atoms with E-state index in [0.29, 0.717) is 13.0 Å². The minimum absolute atomic E-state index is 0.0172. The average molecular weight is 391 g/mol. The maximum Gasteiger partial charge on any atom is 0.224 e. The molecule has 0 saturated heterocycles. The van der Waals surface area contributed by atoms with E-state index < -0.39 is 0 Å². The highest BCUT2D eigenvalue weighted by atomic mass is 16.5. The van der Waals surface area contributed by atoms with Gasteiger partial charge in [0.25, 0.3) is 0 Å². The molecule has 0 fully saturated rings. The van der Waals surface area contributed by atoms with Gasteiger partial charge in [-0.15, -0.1) is 0 Å². The normalized spacial score (nSPS) is 16.7. The van der Waals surface area contributed by atoms with E-state index in [1.54, 1.807) is 13.4 Å². The Morgan fingerprint density at radius 1 is 1.10 bits per heavy atom. The Kier molecular flexibility index (Phi) is 5.96. The van der Waals surface area contributed by atoms with Crippen LogP contribution in [0.1, 0.15) is 28.5 Å². The van der Waals surface area contributed by atoms with Gasteiger partial charge in [0, 0.05) is 12.0 Å². The van der Waals surface area contributed by atoms with Crippen LogP contribution in [0.3, 0.4) is 0 Å². The van der Waals surface area contributed by atoms with Gasteiger partial charge in [0.2, 0.25) is 5.91 Å². The average Bonchev–Trinajstić information content (AvgIpc) is 3.29. The van der Waals surface area contributed by atoms with Crippen molar-refractivity contribution >= 4 is 5.91 Å². The maximum atomic E-state index is 12.5. The Morgan fingerprint density at radius 3 is 2.62 bits per heavy atom. The van der Waals surface area contributed by atoms with Crippen molar-refractivity contribution in [2.24, 2.45) is 0 Å². The minimum Gasteiger partial charge on any atom is -0.497 e. The van der Waals surface area contributed by atoms with E-state index in [0.717, 1.165) is 36.6 Å². The lowest BCUT2D eigenvalue weighted by atomic mass is 9.98. The molecule has 0 saturated carbocycles. The Morgan fingerprint density at radius 2 is 1.90 bits per heavy atom. The fraction of sp³-hybridized carbons (Fsp3) is 0.292. The summed E-state index contributed by atoms with van der Waals surface area (Å²) in [6, 6.07) is 20.2. The molecule has 1 aliphatic heterocycles. The van der Waals surface area contributed by atoms with Crippen LogP contribution >= 0.6 is 0 Å². The molecule has 150 valence electrons. The second kappa shape index (κ2) is 8.97. The molecule has 0 radical (unpaired) electrons. The van der Waals surface area contributed by atoms with Gasteiger partial charge in [-0.1, -0.05) is 36.4 Å². The molecular weight excluding hydrogens is 364 g/mol. The molecule has 1 amide bonds. The summed E-state index contributed by atoms with van der Waals surface area (Å²) in [5, 5.41) is 3.12. The number of carbonyl (C=O) groups excluding carboxylic acids is 1. The number of carbonyl (C=O) groups is 1. The molecule has 0 bridgehead atoms. The number of ether oxygens (including phenoxy) is 1. The summed E-state index contributed by atoms with van der Waals surface area (Å²) >= 11 is 0. The molecule has 2 atom stereocenters. The minimum atomic E-state index is 0.0172. The number of hydrogen-bond acceptors (Lipinski definition) is 3. The summed E-state index contributed by atoms with van der Waals surface area (Å²) in [5.74, 6) is 1.73. The van der Waals surface area contributed by atoms with E-state index in [-0.39, 0.29) is 11.9 Å². The molecule has 1 aromatic heterocycles. The van der Waals surface area contributed by atoms with Crippen molar-refractivity contribution in [3.05, 3.63) is 89.4 Å². The highest BCUT2D eigenvalue weighted by molar-refractivity contribution is 5.78. The molecule has 4 rings (SSSR count). The van der Waals surface area contributed by atoms with Gasteiger partial charge >= 0.3 is 0 Å². The molecule has 2 heterocycles. The third-order valence-corrected chi connectivity index (χ3v) is 5.66. The number of hydrogen-bond donors (Lipinski definition) is 2. The largest absolute Gasteiger partial charge is 0.497 e. The monoisotopic (exact) mass is 391 g/mol. The van der Waals surface area contributed by atoms with E-state index in [2.05, 4.69) is 29.6 Å². The number of fused-ring (bicyclic) bond motifs is 1. The van der Waals surface area contributed by atoms with Gasteiger partial charge in [-0.2, -0.15) is 0 Å². The zero-order valence-corrected chi connectivity index (χ0v) is 16.7. The third-order valence-electron chi connectivity index (χ3n) is 5.66. The lowest BCUT2D eigenvalue weighted by molar-refractivity contribution is -0.946. The van der Waals surface area contributed by atoms with Crippen LogP contribution in [0.25, 0.3) is 0 Å². The van der Waals surface area contributed by atoms with E-state index in [1.165, 1.54) is 16.0 Å². The number of quaternary nitrogens is 1. The molecule has 2 aromatic carbocycles. The molecule has 0 spiro atoms. The summed E-state index contributed by atoms with van der Waals surface area (Å²) in [7, 11) is 1.64. The van der Waals surface area contributed by atoms with Crippen LogP contribution in [0, 0.1) is 0 Å². The summed E-state index contributed by atoms with van der Waals surface area (Å²) < 4.78 is 10.9. The van der Waals surface area contributed by atoms with Crippen LogP contribution in [-0.2, 0) is 24.2 Å². The maximum absolute atomic E-state index is 12.5. The second-order valence-corrected chi connectivity index (χ2v) is 7.50. The molecule has 0 aliphatic carbocycles. The van der Waals surface area contributed by atoms with Crippen LogP contribution in [0.5, 0.6) is 5.75 Å². The Hall–Kier alpha value is -3.05. The standard InChI is InChI=1S/C24H26N2O3/c1-28-21-10-8-18(9-11-21)15-24(27)25-16-22(23-7-4-14-29-23)26-13-12-19-5-2-3-6-20(19)17-26/h2-11,14,22H,12-13,15-17H2,1H3,(H,25,27)/p+1/t22-/m0/s1. The first-order valence-electron chi connectivity index (χ1n) is 10.1. The highest BCUT2D eigenvalue weighted by Crippen LogP contribution is 2.16. The summed E-state index contributed by atoms with van der Waals surface area (Å²) in [5.41, 5.74) is 3.78. The predicted octanol–water partition coefficient (Wildman–Crippen LogP) is 2.33. The molecule has 1 unspecified atom stereocenters. The predicted molar refractivity (Wildman–Crippen MR) is 111 cm³/mol. The van der Waals surface area contributed by atoms with E-state index in [1.807, 2.05) is 36.4 Å². The van der Waals surface area contributed by atoms with Crippen LogP contribution in [-0.4, -0.2) is 26.1 Å². The van der Waals surface area contributed by atoms with Crippen molar-refractivity contribution in [2.45, 2.75) is 25.4 Å². The Bertz CT molecular complexity index is 935. The fourth-order valence-corrected chi connectivity index (χ4v) is 4.04. The molecule has 5 heteroatoms. The van der Waals surface area contributed by atoms with Crippen molar-refractivity contribution in [3.63, 3.8) is 0 Å². The van der Waals surface area contributed by atoms with Crippen molar-refractivity contribution in [1.29, 1.82) is 0 Å². The topological polar surface area (TPSA) is 55.9 Å². The molecule has 2 N–H and O–H groups in total.